The van der Waals surface area contributed by atoms with Gasteiger partial charge in [0.25, 0.3) is 0 Å². The van der Waals surface area contributed by atoms with Crippen LogP contribution in [0, 0.1) is 5.41 Å². The molecule has 0 aromatic carbocycles. The second-order valence-electron chi connectivity index (χ2n) is 6.53. The second-order valence-corrected chi connectivity index (χ2v) is 6.53. The van der Waals surface area contributed by atoms with E-state index in [1.54, 1.807) is 0 Å². The molecule has 26 heavy (non-hydrogen) atoms. The van der Waals surface area contributed by atoms with Crippen LogP contribution in [-0.2, 0) is 4.79 Å². The third-order valence-electron chi connectivity index (χ3n) is 4.31. The zero-order chi connectivity index (χ0) is 19.5. The van der Waals surface area contributed by atoms with Crippen LogP contribution in [0.15, 0.2) is 48.6 Å². The number of allylic oxidation sites excluding steroid dienone is 8. The van der Waals surface area contributed by atoms with Gasteiger partial charge >= 0.3 is 5.97 Å². The lowest BCUT2D eigenvalue weighted by Gasteiger charge is -2.23. The zero-order valence-corrected chi connectivity index (χ0v) is 16.1. The predicted octanol–water partition coefficient (Wildman–Crippen LogP) is 4.80. The van der Waals surface area contributed by atoms with Gasteiger partial charge in [-0.1, -0.05) is 68.4 Å². The smallest absolute Gasteiger partial charge is 0.314 e. The van der Waals surface area contributed by atoms with Crippen molar-refractivity contribution in [1.82, 2.24) is 0 Å². The highest BCUT2D eigenvalue weighted by Gasteiger charge is 2.36. The molecule has 0 heterocycles. The lowest BCUT2D eigenvalue weighted by molar-refractivity contribution is -0.155. The molecule has 0 radical (unpaired) electrons. The van der Waals surface area contributed by atoms with Crippen molar-refractivity contribution in [1.29, 1.82) is 0 Å². The SMILES string of the molecule is CCCCC/C=C\C/C=C\C/C=C\C/C=C\CCC(CO)(CO)C(=O)O. The van der Waals surface area contributed by atoms with Gasteiger partial charge in [0.1, 0.15) is 5.41 Å². The first-order valence-electron chi connectivity index (χ1n) is 9.68. The predicted molar refractivity (Wildman–Crippen MR) is 108 cm³/mol. The van der Waals surface area contributed by atoms with Crippen molar-refractivity contribution in [3.05, 3.63) is 48.6 Å². The van der Waals surface area contributed by atoms with E-state index in [-0.39, 0.29) is 6.42 Å². The van der Waals surface area contributed by atoms with Crippen LogP contribution in [0.4, 0.5) is 0 Å². The number of hydrogen-bond donors (Lipinski definition) is 3. The van der Waals surface area contributed by atoms with Gasteiger partial charge in [0.05, 0.1) is 13.2 Å². The Labute approximate surface area is 158 Å². The molecule has 0 aliphatic heterocycles. The van der Waals surface area contributed by atoms with Crippen molar-refractivity contribution >= 4 is 5.97 Å². The number of aliphatic carboxylic acids is 1. The van der Waals surface area contributed by atoms with Crippen LogP contribution in [0.5, 0.6) is 0 Å². The highest BCUT2D eigenvalue weighted by Crippen LogP contribution is 2.23. The van der Waals surface area contributed by atoms with Crippen molar-refractivity contribution in [2.75, 3.05) is 13.2 Å². The molecular weight excluding hydrogens is 328 g/mol. The maximum atomic E-state index is 11.1. The Morgan fingerprint density at radius 3 is 1.65 bits per heavy atom. The van der Waals surface area contributed by atoms with Crippen LogP contribution in [0.2, 0.25) is 0 Å². The fourth-order valence-electron chi connectivity index (χ4n) is 2.37. The minimum absolute atomic E-state index is 0.226. The summed E-state index contributed by atoms with van der Waals surface area (Å²) < 4.78 is 0. The molecule has 0 atom stereocenters. The molecular formula is C22H36O4. The summed E-state index contributed by atoms with van der Waals surface area (Å²) in [5.41, 5.74) is -1.44. The summed E-state index contributed by atoms with van der Waals surface area (Å²) in [4.78, 5) is 11.1. The Kier molecular flexibility index (Phi) is 15.7. The highest BCUT2D eigenvalue weighted by atomic mass is 16.4. The number of carboxylic acid groups (broad SMARTS) is 1. The Morgan fingerprint density at radius 2 is 1.23 bits per heavy atom. The quantitative estimate of drug-likeness (QED) is 0.272. The molecule has 3 N–H and O–H groups in total. The summed E-state index contributed by atoms with van der Waals surface area (Å²) in [6.07, 6.45) is 25.3. The molecule has 0 saturated heterocycles. The van der Waals surface area contributed by atoms with Gasteiger partial charge in [0.2, 0.25) is 0 Å². The van der Waals surface area contributed by atoms with E-state index in [2.05, 4.69) is 43.4 Å². The van der Waals surface area contributed by atoms with Gasteiger partial charge in [0, 0.05) is 0 Å². The van der Waals surface area contributed by atoms with Crippen molar-refractivity contribution in [3.8, 4) is 0 Å². The minimum Gasteiger partial charge on any atom is -0.481 e. The van der Waals surface area contributed by atoms with Gasteiger partial charge in [-0.2, -0.15) is 0 Å². The summed E-state index contributed by atoms with van der Waals surface area (Å²) in [5.74, 6) is -1.15. The fourth-order valence-corrected chi connectivity index (χ4v) is 2.37. The molecule has 0 aliphatic rings. The van der Waals surface area contributed by atoms with Gasteiger partial charge in [-0.25, -0.2) is 0 Å². The molecule has 0 unspecified atom stereocenters. The Bertz CT molecular complexity index is 457. The number of aliphatic hydroxyl groups excluding tert-OH is 2. The van der Waals surface area contributed by atoms with E-state index in [4.69, 9.17) is 5.11 Å². The van der Waals surface area contributed by atoms with Crippen molar-refractivity contribution < 1.29 is 20.1 Å². The monoisotopic (exact) mass is 364 g/mol. The van der Waals surface area contributed by atoms with Crippen LogP contribution >= 0.6 is 0 Å². The van der Waals surface area contributed by atoms with E-state index < -0.39 is 24.6 Å². The molecule has 4 heteroatoms. The minimum atomic E-state index is -1.44. The van der Waals surface area contributed by atoms with E-state index >= 15 is 0 Å². The average Bonchev–Trinajstić information content (AvgIpc) is 2.64. The molecule has 0 aromatic heterocycles. The maximum Gasteiger partial charge on any atom is 0.314 e. The Morgan fingerprint density at radius 1 is 0.769 bits per heavy atom. The Hall–Kier alpha value is -1.65. The number of aliphatic hydroxyl groups is 2. The van der Waals surface area contributed by atoms with Gasteiger partial charge in [-0.3, -0.25) is 4.79 Å². The summed E-state index contributed by atoms with van der Waals surface area (Å²) in [6.45, 7) is 1.12. The summed E-state index contributed by atoms with van der Waals surface area (Å²) in [5, 5.41) is 27.5. The number of unbranched alkanes of at least 4 members (excludes halogenated alkanes) is 3. The standard InChI is InChI=1S/C22H36O4/c1-2-3-4-5-6-7-8-9-10-11-12-13-14-15-16-17-18-22(19-23,20-24)21(25)26/h6-7,9-10,12-13,15-16,23-24H,2-5,8,11,14,17-20H2,1H3,(H,25,26)/b7-6-,10-9-,13-12-,16-15-. The van der Waals surface area contributed by atoms with Crippen LogP contribution in [0.1, 0.15) is 64.7 Å². The van der Waals surface area contributed by atoms with Crippen molar-refractivity contribution in [2.24, 2.45) is 5.41 Å². The molecule has 0 aliphatic carbocycles. The lowest BCUT2D eigenvalue weighted by atomic mass is 9.85. The van der Waals surface area contributed by atoms with E-state index in [9.17, 15) is 15.0 Å². The van der Waals surface area contributed by atoms with Crippen LogP contribution < -0.4 is 0 Å². The van der Waals surface area contributed by atoms with E-state index in [0.29, 0.717) is 6.42 Å². The molecule has 148 valence electrons. The van der Waals surface area contributed by atoms with Gasteiger partial charge in [0.15, 0.2) is 0 Å². The van der Waals surface area contributed by atoms with Crippen LogP contribution in [0.3, 0.4) is 0 Å². The van der Waals surface area contributed by atoms with E-state index in [1.165, 1.54) is 25.7 Å². The molecule has 0 amide bonds. The van der Waals surface area contributed by atoms with Crippen LogP contribution in [-0.4, -0.2) is 34.5 Å². The second kappa shape index (κ2) is 16.8. The van der Waals surface area contributed by atoms with Gasteiger partial charge < -0.3 is 15.3 Å². The first-order valence-corrected chi connectivity index (χ1v) is 9.68. The molecule has 0 saturated carbocycles. The number of carbonyl (C=O) groups is 1. The highest BCUT2D eigenvalue weighted by molar-refractivity contribution is 5.74. The lowest BCUT2D eigenvalue weighted by Crippen LogP contribution is -2.38. The van der Waals surface area contributed by atoms with Gasteiger partial charge in [-0.05, 0) is 44.9 Å². The molecule has 0 aromatic rings. The van der Waals surface area contributed by atoms with Crippen molar-refractivity contribution in [2.45, 2.75) is 64.7 Å². The molecule has 0 rings (SSSR count). The van der Waals surface area contributed by atoms with E-state index in [0.717, 1.165) is 19.3 Å². The summed E-state index contributed by atoms with van der Waals surface area (Å²) >= 11 is 0. The fraction of sp³-hybridized carbons (Fsp3) is 0.591. The molecule has 0 spiro atoms. The Balaban J connectivity index is 3.79. The third kappa shape index (κ3) is 11.8. The molecule has 0 bridgehead atoms. The first-order chi connectivity index (χ1) is 12.6. The van der Waals surface area contributed by atoms with Crippen molar-refractivity contribution in [3.63, 3.8) is 0 Å². The largest absolute Gasteiger partial charge is 0.481 e. The number of hydrogen-bond acceptors (Lipinski definition) is 3. The molecule has 0 fully saturated rings. The maximum absolute atomic E-state index is 11.1. The normalized spacial score (nSPS) is 13.0. The number of rotatable bonds is 16. The summed E-state index contributed by atoms with van der Waals surface area (Å²) in [6, 6.07) is 0. The number of carboxylic acids is 1. The first kappa shape index (κ1) is 24.4. The average molecular weight is 365 g/mol. The van der Waals surface area contributed by atoms with Gasteiger partial charge in [-0.15, -0.1) is 0 Å². The third-order valence-corrected chi connectivity index (χ3v) is 4.31. The van der Waals surface area contributed by atoms with Crippen LogP contribution in [0.25, 0.3) is 0 Å². The molecule has 4 nitrogen and oxygen atoms in total. The summed E-state index contributed by atoms with van der Waals surface area (Å²) in [7, 11) is 0. The zero-order valence-electron chi connectivity index (χ0n) is 16.1. The van der Waals surface area contributed by atoms with E-state index in [1.807, 2.05) is 12.2 Å². The topological polar surface area (TPSA) is 77.8 Å².